The third-order valence-corrected chi connectivity index (χ3v) is 3.78. The summed E-state index contributed by atoms with van der Waals surface area (Å²) in [5, 5.41) is 9.35. The van der Waals surface area contributed by atoms with Crippen LogP contribution in [-0.4, -0.2) is 5.11 Å². The fraction of sp³-hybridized carbons (Fsp3) is 0.545. The van der Waals surface area contributed by atoms with E-state index in [1.54, 1.807) is 6.92 Å². The zero-order chi connectivity index (χ0) is 19.0. The van der Waals surface area contributed by atoms with Crippen molar-refractivity contribution in [2.75, 3.05) is 0 Å². The highest BCUT2D eigenvalue weighted by Crippen LogP contribution is 2.32. The molecule has 0 atom stereocenters. The van der Waals surface area contributed by atoms with Crippen LogP contribution >= 0.6 is 0 Å². The van der Waals surface area contributed by atoms with E-state index < -0.39 is 0 Å². The summed E-state index contributed by atoms with van der Waals surface area (Å²) in [5.41, 5.74) is 5.21. The minimum atomic E-state index is 0.148. The van der Waals surface area contributed by atoms with Gasteiger partial charge in [-0.15, -0.1) is 6.42 Å². The Morgan fingerprint density at radius 1 is 1.09 bits per heavy atom. The Balaban J connectivity index is 0. The number of aliphatic hydroxyl groups excluding tert-OH is 1. The molecule has 0 aromatic carbocycles. The van der Waals surface area contributed by atoms with Crippen molar-refractivity contribution in [2.24, 2.45) is 11.3 Å². The van der Waals surface area contributed by atoms with Crippen LogP contribution in [-0.2, 0) is 0 Å². The Labute approximate surface area is 144 Å². The number of rotatable bonds is 4. The number of hydrogen-bond donors (Lipinski definition) is 1. The Bertz CT molecular complexity index is 525. The Morgan fingerprint density at radius 3 is 1.61 bits per heavy atom. The summed E-state index contributed by atoms with van der Waals surface area (Å²) in [6, 6.07) is 0. The van der Waals surface area contributed by atoms with E-state index in [9.17, 15) is 5.11 Å². The fourth-order valence-electron chi connectivity index (χ4n) is 2.16. The second kappa shape index (κ2) is 10.2. The first-order valence-electron chi connectivity index (χ1n) is 8.22. The van der Waals surface area contributed by atoms with Crippen molar-refractivity contribution >= 4 is 0 Å². The maximum absolute atomic E-state index is 9.35. The van der Waals surface area contributed by atoms with Crippen LogP contribution in [0, 0.1) is 23.7 Å². The van der Waals surface area contributed by atoms with Crippen molar-refractivity contribution in [2.45, 2.75) is 68.7 Å². The van der Waals surface area contributed by atoms with E-state index >= 15 is 0 Å². The lowest BCUT2D eigenvalue weighted by Crippen LogP contribution is -2.11. The van der Waals surface area contributed by atoms with Gasteiger partial charge in [-0.2, -0.15) is 0 Å². The molecule has 0 rings (SSSR count). The lowest BCUT2D eigenvalue weighted by Gasteiger charge is -2.24. The maximum atomic E-state index is 9.35. The quantitative estimate of drug-likeness (QED) is 0.336. The average molecular weight is 317 g/mol. The number of hydrogen-bond acceptors (Lipinski definition) is 1. The zero-order valence-corrected chi connectivity index (χ0v) is 16.7. The summed E-state index contributed by atoms with van der Waals surface area (Å²) in [6.45, 7) is 26.1. The molecule has 0 aliphatic rings. The van der Waals surface area contributed by atoms with E-state index in [0.29, 0.717) is 11.7 Å². The molecule has 1 N–H and O–H groups in total. The molecule has 0 saturated carbocycles. The highest BCUT2D eigenvalue weighted by molar-refractivity contribution is 5.46. The van der Waals surface area contributed by atoms with Gasteiger partial charge in [-0.1, -0.05) is 60.6 Å². The standard InChI is InChI=1S/C13H20.C9H16O/c1-8-11(10(3)4)12(9-2)13(5,6)7;1-6(2)8(5)9(10)7(3)4/h1H,3,9H2,2,4-7H3;6,10H,3H2,1-2,4-5H3/b12-11+;9-8+. The van der Waals surface area contributed by atoms with Crippen molar-refractivity contribution in [3.05, 3.63) is 46.8 Å². The summed E-state index contributed by atoms with van der Waals surface area (Å²) in [7, 11) is 0. The second-order valence-corrected chi connectivity index (χ2v) is 7.35. The highest BCUT2D eigenvalue weighted by atomic mass is 16.3. The van der Waals surface area contributed by atoms with Gasteiger partial charge in [0, 0.05) is 5.57 Å². The minimum Gasteiger partial charge on any atom is -0.508 e. The summed E-state index contributed by atoms with van der Waals surface area (Å²) >= 11 is 0. The van der Waals surface area contributed by atoms with E-state index in [-0.39, 0.29) is 5.41 Å². The predicted octanol–water partition coefficient (Wildman–Crippen LogP) is 7.00. The molecule has 0 heterocycles. The fourth-order valence-corrected chi connectivity index (χ4v) is 2.16. The molecule has 23 heavy (non-hydrogen) atoms. The molecule has 0 amide bonds. The van der Waals surface area contributed by atoms with E-state index in [1.807, 2.05) is 13.8 Å². The second-order valence-electron chi connectivity index (χ2n) is 7.35. The van der Waals surface area contributed by atoms with Gasteiger partial charge >= 0.3 is 0 Å². The van der Waals surface area contributed by atoms with E-state index in [0.717, 1.165) is 28.7 Å². The lowest BCUT2D eigenvalue weighted by molar-refractivity contribution is 0.408. The summed E-state index contributed by atoms with van der Waals surface area (Å²) in [4.78, 5) is 0. The van der Waals surface area contributed by atoms with Crippen molar-refractivity contribution < 1.29 is 5.11 Å². The topological polar surface area (TPSA) is 20.2 Å². The molecule has 0 fully saturated rings. The van der Waals surface area contributed by atoms with Gasteiger partial charge in [0.2, 0.25) is 0 Å². The van der Waals surface area contributed by atoms with Crippen molar-refractivity contribution in [3.8, 4) is 12.3 Å². The molecule has 0 radical (unpaired) electrons. The highest BCUT2D eigenvalue weighted by Gasteiger charge is 2.18. The summed E-state index contributed by atoms with van der Waals surface area (Å²) in [5.74, 6) is 3.50. The monoisotopic (exact) mass is 316 g/mol. The molecular weight excluding hydrogens is 280 g/mol. The van der Waals surface area contributed by atoms with Gasteiger partial charge in [-0.25, -0.2) is 0 Å². The zero-order valence-electron chi connectivity index (χ0n) is 16.7. The van der Waals surface area contributed by atoms with Crippen LogP contribution in [0.5, 0.6) is 0 Å². The van der Waals surface area contributed by atoms with E-state index in [2.05, 4.69) is 60.6 Å². The SMILES string of the molecule is C#C/C(C(=C)C)=C(/CC)C(C)(C)C.C=C(C)/C(O)=C(/C)C(C)C. The molecule has 0 bridgehead atoms. The van der Waals surface area contributed by atoms with Crippen molar-refractivity contribution in [1.29, 1.82) is 0 Å². The van der Waals surface area contributed by atoms with E-state index in [1.165, 1.54) is 5.57 Å². The van der Waals surface area contributed by atoms with Crippen LogP contribution in [0.15, 0.2) is 46.8 Å². The molecular formula is C22H36O. The number of terminal acetylenes is 1. The summed E-state index contributed by atoms with van der Waals surface area (Å²) in [6.07, 6.45) is 6.47. The largest absolute Gasteiger partial charge is 0.508 e. The van der Waals surface area contributed by atoms with Gasteiger partial charge in [0.25, 0.3) is 0 Å². The number of aliphatic hydroxyl groups is 1. The van der Waals surface area contributed by atoms with Gasteiger partial charge in [0.05, 0.1) is 0 Å². The van der Waals surface area contributed by atoms with Crippen LogP contribution in [0.4, 0.5) is 0 Å². The first kappa shape index (κ1) is 23.6. The first-order chi connectivity index (χ1) is 10.3. The molecule has 1 heteroatoms. The van der Waals surface area contributed by atoms with E-state index in [4.69, 9.17) is 6.42 Å². The Kier molecular flexibility index (Phi) is 10.4. The number of allylic oxidation sites excluding steroid dienone is 5. The molecule has 0 aromatic heterocycles. The van der Waals surface area contributed by atoms with Crippen LogP contribution < -0.4 is 0 Å². The first-order valence-corrected chi connectivity index (χ1v) is 8.22. The van der Waals surface area contributed by atoms with Gasteiger partial charge in [-0.3, -0.25) is 0 Å². The average Bonchev–Trinajstić information content (AvgIpc) is 2.41. The predicted molar refractivity (Wildman–Crippen MR) is 105 cm³/mol. The normalized spacial score (nSPS) is 13.3. The van der Waals surface area contributed by atoms with Crippen LogP contribution in [0.25, 0.3) is 0 Å². The van der Waals surface area contributed by atoms with Crippen LogP contribution in [0.3, 0.4) is 0 Å². The lowest BCUT2D eigenvalue weighted by atomic mass is 9.80. The third-order valence-electron chi connectivity index (χ3n) is 3.78. The van der Waals surface area contributed by atoms with Crippen molar-refractivity contribution in [3.63, 3.8) is 0 Å². The van der Waals surface area contributed by atoms with Gasteiger partial charge in [-0.05, 0) is 60.8 Å². The Hall–Kier alpha value is -1.68. The minimum absolute atomic E-state index is 0.148. The molecule has 1 nitrogen and oxygen atoms in total. The molecule has 0 spiro atoms. The Morgan fingerprint density at radius 2 is 1.52 bits per heavy atom. The summed E-state index contributed by atoms with van der Waals surface area (Å²) < 4.78 is 0. The van der Waals surface area contributed by atoms with Crippen molar-refractivity contribution in [1.82, 2.24) is 0 Å². The maximum Gasteiger partial charge on any atom is 0.117 e. The van der Waals surface area contributed by atoms with Gasteiger partial charge < -0.3 is 5.11 Å². The third kappa shape index (κ3) is 8.50. The molecule has 130 valence electrons. The van der Waals surface area contributed by atoms with Gasteiger partial charge in [0.1, 0.15) is 5.76 Å². The molecule has 0 unspecified atom stereocenters. The molecule has 0 saturated heterocycles. The smallest absolute Gasteiger partial charge is 0.117 e. The van der Waals surface area contributed by atoms with Gasteiger partial charge in [0.15, 0.2) is 0 Å². The molecule has 0 aromatic rings. The molecule has 0 aliphatic heterocycles. The van der Waals surface area contributed by atoms with Crippen LogP contribution in [0.1, 0.15) is 68.7 Å². The van der Waals surface area contributed by atoms with Crippen LogP contribution in [0.2, 0.25) is 0 Å². The molecule has 0 aliphatic carbocycles.